The number of hydrogen-bond acceptors (Lipinski definition) is 3. The van der Waals surface area contributed by atoms with Gasteiger partial charge in [0.2, 0.25) is 0 Å². The number of benzene rings is 6. The maximum atomic E-state index is 16.1. The van der Waals surface area contributed by atoms with Gasteiger partial charge in [-0.25, -0.2) is 4.39 Å². The molecule has 0 bridgehead atoms. The van der Waals surface area contributed by atoms with Crippen LogP contribution >= 0.6 is 0 Å². The number of rotatable bonds is 6. The van der Waals surface area contributed by atoms with Gasteiger partial charge in [0.25, 0.3) is 6.71 Å². The molecule has 2 aromatic heterocycles. The Kier molecular flexibility index (Phi) is 8.32. The molecular weight excluding hydrogens is 726 g/mol. The first-order valence-corrected chi connectivity index (χ1v) is 23.8. The number of pyridine rings is 1. The quantitative estimate of drug-likeness (QED) is 0.156. The number of anilines is 9. The van der Waals surface area contributed by atoms with Gasteiger partial charge in [-0.3, -0.25) is 4.90 Å². The number of hydrogen-bond donors (Lipinski definition) is 0. The topological polar surface area (TPSA) is 14.1 Å². The molecule has 4 heterocycles. The number of fused-ring (bicyclic) bond motifs is 6. The van der Waals surface area contributed by atoms with Crippen LogP contribution < -0.4 is 36.3 Å². The largest absolute Gasteiger partial charge is 0.311 e. The predicted octanol–water partition coefficient (Wildman–Crippen LogP) is 11.5. The Balaban J connectivity index is 1.29. The van der Waals surface area contributed by atoms with Crippen LogP contribution in [0.5, 0.6) is 0 Å². The standard InChI is InChI=1S/C51H46BFN4Si/c1-51(2,3)35-24-26-38(27-25-35)55(45-23-14-13-22-44(45)53)40-28-29-42-46(32-40)56(36-17-9-7-10-18-36)47-33-41(58(4,5)6)34-48-49(47)52(42)43-31-39-21-15-16-30-54(39)50(43)57(48)37-19-11-8-12-20-37/h7-34H,1-6H3. The van der Waals surface area contributed by atoms with Crippen molar-refractivity contribution >= 4 is 93.2 Å². The lowest BCUT2D eigenvalue weighted by Crippen LogP contribution is -2.62. The van der Waals surface area contributed by atoms with E-state index in [0.717, 1.165) is 39.8 Å². The number of para-hydroxylation sites is 3. The molecule has 7 heteroatoms. The molecule has 0 amide bonds. The van der Waals surface area contributed by atoms with Crippen molar-refractivity contribution in [3.05, 3.63) is 181 Å². The molecule has 0 spiro atoms. The molecule has 0 radical (unpaired) electrons. The minimum Gasteiger partial charge on any atom is -0.311 e. The van der Waals surface area contributed by atoms with Gasteiger partial charge in [-0.1, -0.05) is 118 Å². The highest BCUT2D eigenvalue weighted by Crippen LogP contribution is 2.46. The Labute approximate surface area is 342 Å². The van der Waals surface area contributed by atoms with Crippen LogP contribution in [0.15, 0.2) is 170 Å². The number of nitrogens with zero attached hydrogens (tertiary/aromatic N) is 4. The molecule has 0 fully saturated rings. The Hall–Kier alpha value is -6.31. The molecule has 2 aliphatic rings. The summed E-state index contributed by atoms with van der Waals surface area (Å²) in [5.74, 6) is 0.890. The second kappa shape index (κ2) is 13.4. The lowest BCUT2D eigenvalue weighted by molar-refractivity contribution is 0.590. The fourth-order valence-corrected chi connectivity index (χ4v) is 10.1. The molecule has 4 nitrogen and oxygen atoms in total. The van der Waals surface area contributed by atoms with E-state index < -0.39 is 8.07 Å². The normalized spacial score (nSPS) is 13.3. The van der Waals surface area contributed by atoms with Crippen LogP contribution in [0.2, 0.25) is 19.6 Å². The first kappa shape index (κ1) is 36.1. The van der Waals surface area contributed by atoms with Gasteiger partial charge in [0.15, 0.2) is 0 Å². The molecular formula is C51H46BFN4Si. The van der Waals surface area contributed by atoms with Gasteiger partial charge < -0.3 is 14.2 Å². The fraction of sp³-hybridized carbons (Fsp3) is 0.137. The van der Waals surface area contributed by atoms with E-state index in [9.17, 15) is 0 Å². The van der Waals surface area contributed by atoms with Crippen LogP contribution in [0.4, 0.5) is 55.7 Å². The van der Waals surface area contributed by atoms with Gasteiger partial charge in [0, 0.05) is 51.5 Å². The van der Waals surface area contributed by atoms with Crippen LogP contribution in [-0.2, 0) is 5.41 Å². The Morgan fingerprint density at radius 3 is 1.83 bits per heavy atom. The van der Waals surface area contributed by atoms with Crippen molar-refractivity contribution in [1.29, 1.82) is 0 Å². The molecule has 8 aromatic rings. The molecule has 10 rings (SSSR count). The van der Waals surface area contributed by atoms with Crippen molar-refractivity contribution in [3.63, 3.8) is 0 Å². The van der Waals surface area contributed by atoms with Crippen LogP contribution in [-0.4, -0.2) is 19.2 Å². The third-order valence-electron chi connectivity index (χ3n) is 11.9. The SMILES string of the molecule is CC(C)(C)c1ccc(N(c2ccc3c(c2)N(c2ccccc2)c2cc([Si](C)(C)C)cc4c2B3c2cc3ccccn3c2N4c2ccccc2)c2ccccc2F)cc1. The van der Waals surface area contributed by atoms with E-state index in [1.165, 1.54) is 38.5 Å². The molecule has 6 aromatic carbocycles. The molecule has 0 aliphatic carbocycles. The zero-order valence-corrected chi connectivity index (χ0v) is 34.9. The molecule has 0 unspecified atom stereocenters. The van der Waals surface area contributed by atoms with Crippen LogP contribution in [0, 0.1) is 5.82 Å². The highest BCUT2D eigenvalue weighted by atomic mass is 28.3. The van der Waals surface area contributed by atoms with E-state index in [4.69, 9.17) is 0 Å². The summed E-state index contributed by atoms with van der Waals surface area (Å²) in [6.45, 7) is 13.9. The second-order valence-electron chi connectivity index (χ2n) is 17.7. The molecule has 0 N–H and O–H groups in total. The Bertz CT molecular complexity index is 2840. The average Bonchev–Trinajstić information content (AvgIpc) is 3.61. The summed E-state index contributed by atoms with van der Waals surface area (Å²) in [6.07, 6.45) is 2.19. The summed E-state index contributed by atoms with van der Waals surface area (Å²) >= 11 is 0. The second-order valence-corrected chi connectivity index (χ2v) is 22.8. The van der Waals surface area contributed by atoms with Gasteiger partial charge >= 0.3 is 0 Å². The Morgan fingerprint density at radius 1 is 0.569 bits per heavy atom. The van der Waals surface area contributed by atoms with Crippen LogP contribution in [0.3, 0.4) is 0 Å². The van der Waals surface area contributed by atoms with Gasteiger partial charge in [0.05, 0.1) is 13.8 Å². The van der Waals surface area contributed by atoms with Crippen molar-refractivity contribution in [3.8, 4) is 0 Å². The van der Waals surface area contributed by atoms with E-state index >= 15 is 4.39 Å². The summed E-state index contributed by atoms with van der Waals surface area (Å²) in [7, 11) is -1.87. The summed E-state index contributed by atoms with van der Waals surface area (Å²) in [5, 5.41) is 1.39. The molecule has 0 atom stereocenters. The van der Waals surface area contributed by atoms with Crippen molar-refractivity contribution in [2.24, 2.45) is 0 Å². The molecule has 0 saturated carbocycles. The predicted molar refractivity (Wildman–Crippen MR) is 248 cm³/mol. The summed E-state index contributed by atoms with van der Waals surface area (Å²) in [4.78, 5) is 7.02. The summed E-state index contributed by atoms with van der Waals surface area (Å²) in [5.41, 5.74) is 14.1. The average molecular weight is 773 g/mol. The highest BCUT2D eigenvalue weighted by molar-refractivity contribution is 7.00. The zero-order valence-electron chi connectivity index (χ0n) is 33.9. The maximum absolute atomic E-state index is 16.1. The highest BCUT2D eigenvalue weighted by Gasteiger charge is 2.45. The lowest BCUT2D eigenvalue weighted by Gasteiger charge is -2.44. The summed E-state index contributed by atoms with van der Waals surface area (Å²) < 4.78 is 18.4. The minimum absolute atomic E-state index is 0.0107. The summed E-state index contributed by atoms with van der Waals surface area (Å²) in [6, 6.07) is 57.8. The first-order chi connectivity index (χ1) is 28.0. The monoisotopic (exact) mass is 772 g/mol. The molecule has 284 valence electrons. The van der Waals surface area contributed by atoms with Gasteiger partial charge in [-0.2, -0.15) is 0 Å². The van der Waals surface area contributed by atoms with E-state index in [-0.39, 0.29) is 17.9 Å². The van der Waals surface area contributed by atoms with E-state index in [1.54, 1.807) is 12.1 Å². The van der Waals surface area contributed by atoms with Gasteiger partial charge in [-0.05, 0) is 118 Å². The third kappa shape index (κ3) is 5.79. The minimum atomic E-state index is -1.87. The van der Waals surface area contributed by atoms with E-state index in [0.29, 0.717) is 5.69 Å². The fourth-order valence-electron chi connectivity index (χ4n) is 9.00. The Morgan fingerprint density at radius 2 is 1.17 bits per heavy atom. The first-order valence-electron chi connectivity index (χ1n) is 20.3. The van der Waals surface area contributed by atoms with Gasteiger partial charge in [0.1, 0.15) is 11.6 Å². The van der Waals surface area contributed by atoms with Crippen molar-refractivity contribution < 1.29 is 4.39 Å². The molecule has 0 saturated heterocycles. The molecule has 58 heavy (non-hydrogen) atoms. The van der Waals surface area contributed by atoms with E-state index in [1.807, 2.05) is 12.1 Å². The number of aromatic nitrogens is 1. The van der Waals surface area contributed by atoms with Crippen molar-refractivity contribution in [2.45, 2.75) is 45.8 Å². The number of halogens is 1. The van der Waals surface area contributed by atoms with Gasteiger partial charge in [-0.15, -0.1) is 0 Å². The van der Waals surface area contributed by atoms with Crippen LogP contribution in [0.25, 0.3) is 5.52 Å². The van der Waals surface area contributed by atoms with Crippen molar-refractivity contribution in [1.82, 2.24) is 4.40 Å². The third-order valence-corrected chi connectivity index (χ3v) is 13.9. The molecule has 2 aliphatic heterocycles. The lowest BCUT2D eigenvalue weighted by atomic mass is 9.34. The van der Waals surface area contributed by atoms with Crippen molar-refractivity contribution in [2.75, 3.05) is 14.7 Å². The maximum Gasteiger partial charge on any atom is 0.254 e. The van der Waals surface area contributed by atoms with E-state index in [2.05, 4.69) is 205 Å². The smallest absolute Gasteiger partial charge is 0.254 e. The van der Waals surface area contributed by atoms with Crippen LogP contribution in [0.1, 0.15) is 26.3 Å². The zero-order chi connectivity index (χ0) is 39.9.